The van der Waals surface area contributed by atoms with Gasteiger partial charge in [0.25, 0.3) is 0 Å². The summed E-state index contributed by atoms with van der Waals surface area (Å²) in [6, 6.07) is 0.723. The lowest BCUT2D eigenvalue weighted by Crippen LogP contribution is -2.44. The molecule has 0 aromatic rings. The molecular weight excluding hydrogens is 164 g/mol. The van der Waals surface area contributed by atoms with Crippen molar-refractivity contribution < 1.29 is 5.11 Å². The number of aliphatic hydroxyl groups excluding tert-OH is 1. The second-order valence-corrected chi connectivity index (χ2v) is 4.07. The first-order valence-electron chi connectivity index (χ1n) is 5.36. The molecule has 0 bridgehead atoms. The average molecular weight is 186 g/mol. The van der Waals surface area contributed by atoms with Crippen molar-refractivity contribution in [3.63, 3.8) is 0 Å². The van der Waals surface area contributed by atoms with Gasteiger partial charge in [0.1, 0.15) is 0 Å². The Balaban J connectivity index is 2.24. The van der Waals surface area contributed by atoms with Gasteiger partial charge in [0.15, 0.2) is 0 Å². The standard InChI is InChI=1S/C10H22N2O/c1-9(13)8-12(7-3-6-11)10-4-2-5-10/h9-10,13H,2-8,11H2,1H3. The summed E-state index contributed by atoms with van der Waals surface area (Å²) in [5.41, 5.74) is 5.48. The van der Waals surface area contributed by atoms with Crippen molar-refractivity contribution in [2.24, 2.45) is 5.73 Å². The molecule has 1 saturated carbocycles. The largest absolute Gasteiger partial charge is 0.392 e. The van der Waals surface area contributed by atoms with Crippen molar-refractivity contribution in [2.45, 2.75) is 44.8 Å². The topological polar surface area (TPSA) is 49.5 Å². The minimum Gasteiger partial charge on any atom is -0.392 e. The Kier molecular flexibility index (Phi) is 4.70. The van der Waals surface area contributed by atoms with Gasteiger partial charge < -0.3 is 10.8 Å². The van der Waals surface area contributed by atoms with Crippen LogP contribution < -0.4 is 5.73 Å². The predicted octanol–water partition coefficient (Wildman–Crippen LogP) is 0.570. The summed E-state index contributed by atoms with van der Waals surface area (Å²) in [5, 5.41) is 9.32. The fraction of sp³-hybridized carbons (Fsp3) is 1.00. The third-order valence-corrected chi connectivity index (χ3v) is 2.74. The van der Waals surface area contributed by atoms with E-state index < -0.39 is 0 Å². The van der Waals surface area contributed by atoms with Crippen LogP contribution in [0.25, 0.3) is 0 Å². The lowest BCUT2D eigenvalue weighted by atomic mass is 9.91. The van der Waals surface area contributed by atoms with Crippen LogP contribution in [0.3, 0.4) is 0 Å². The summed E-state index contributed by atoms with van der Waals surface area (Å²) in [4.78, 5) is 2.39. The van der Waals surface area contributed by atoms with Gasteiger partial charge in [-0.2, -0.15) is 0 Å². The molecule has 0 aromatic heterocycles. The summed E-state index contributed by atoms with van der Waals surface area (Å²) in [7, 11) is 0. The van der Waals surface area contributed by atoms with Crippen molar-refractivity contribution in [2.75, 3.05) is 19.6 Å². The molecular formula is C10H22N2O. The second kappa shape index (κ2) is 5.58. The fourth-order valence-corrected chi connectivity index (χ4v) is 1.81. The van der Waals surface area contributed by atoms with Crippen LogP contribution in [0.1, 0.15) is 32.6 Å². The van der Waals surface area contributed by atoms with Gasteiger partial charge in [0, 0.05) is 12.6 Å². The zero-order valence-corrected chi connectivity index (χ0v) is 8.58. The summed E-state index contributed by atoms with van der Waals surface area (Å²) < 4.78 is 0. The van der Waals surface area contributed by atoms with E-state index >= 15 is 0 Å². The van der Waals surface area contributed by atoms with E-state index in [0.717, 1.165) is 32.1 Å². The van der Waals surface area contributed by atoms with E-state index in [4.69, 9.17) is 5.73 Å². The van der Waals surface area contributed by atoms with Gasteiger partial charge in [-0.3, -0.25) is 4.90 Å². The van der Waals surface area contributed by atoms with Gasteiger partial charge in [-0.05, 0) is 39.3 Å². The number of hydrogen-bond donors (Lipinski definition) is 2. The number of nitrogens with zero attached hydrogens (tertiary/aromatic N) is 1. The molecule has 1 aliphatic carbocycles. The first-order valence-corrected chi connectivity index (χ1v) is 5.36. The van der Waals surface area contributed by atoms with E-state index in [1.54, 1.807) is 0 Å². The molecule has 0 radical (unpaired) electrons. The van der Waals surface area contributed by atoms with Crippen LogP contribution >= 0.6 is 0 Å². The molecule has 3 nitrogen and oxygen atoms in total. The highest BCUT2D eigenvalue weighted by atomic mass is 16.3. The molecule has 0 heterocycles. The van der Waals surface area contributed by atoms with Gasteiger partial charge in [-0.25, -0.2) is 0 Å². The highest BCUT2D eigenvalue weighted by Crippen LogP contribution is 2.24. The quantitative estimate of drug-likeness (QED) is 0.637. The molecule has 3 N–H and O–H groups in total. The molecule has 0 aromatic carbocycles. The highest BCUT2D eigenvalue weighted by Gasteiger charge is 2.24. The smallest absolute Gasteiger partial charge is 0.0639 e. The number of aliphatic hydroxyl groups is 1. The third-order valence-electron chi connectivity index (χ3n) is 2.74. The number of nitrogens with two attached hydrogens (primary N) is 1. The normalized spacial score (nSPS) is 20.3. The molecule has 3 heteroatoms. The van der Waals surface area contributed by atoms with Crippen molar-refractivity contribution in [3.8, 4) is 0 Å². The molecule has 0 aliphatic heterocycles. The van der Waals surface area contributed by atoms with Crippen LogP contribution in [0.5, 0.6) is 0 Å². The molecule has 0 spiro atoms. The van der Waals surface area contributed by atoms with Gasteiger partial charge in [0.05, 0.1) is 6.10 Å². The second-order valence-electron chi connectivity index (χ2n) is 4.07. The van der Waals surface area contributed by atoms with E-state index in [1.807, 2.05) is 6.92 Å². The first-order chi connectivity index (χ1) is 6.24. The fourth-order valence-electron chi connectivity index (χ4n) is 1.81. The van der Waals surface area contributed by atoms with Crippen LogP contribution in [0.15, 0.2) is 0 Å². The van der Waals surface area contributed by atoms with Crippen LogP contribution in [-0.2, 0) is 0 Å². The number of hydrogen-bond acceptors (Lipinski definition) is 3. The van der Waals surface area contributed by atoms with E-state index in [0.29, 0.717) is 0 Å². The van der Waals surface area contributed by atoms with Gasteiger partial charge in [-0.15, -0.1) is 0 Å². The molecule has 78 valence electrons. The minimum atomic E-state index is -0.210. The van der Waals surface area contributed by atoms with Crippen LogP contribution in [0, 0.1) is 0 Å². The SMILES string of the molecule is CC(O)CN(CCCN)C1CCC1. The van der Waals surface area contributed by atoms with E-state index in [2.05, 4.69) is 4.90 Å². The van der Waals surface area contributed by atoms with Crippen LogP contribution in [0.4, 0.5) is 0 Å². The van der Waals surface area contributed by atoms with Gasteiger partial charge in [0.2, 0.25) is 0 Å². The summed E-state index contributed by atoms with van der Waals surface area (Å²) in [6.45, 7) is 4.47. The van der Waals surface area contributed by atoms with Crippen molar-refractivity contribution in [1.82, 2.24) is 4.90 Å². The minimum absolute atomic E-state index is 0.210. The van der Waals surface area contributed by atoms with E-state index in [9.17, 15) is 5.11 Å². The maximum absolute atomic E-state index is 9.32. The maximum Gasteiger partial charge on any atom is 0.0639 e. The average Bonchev–Trinajstić information content (AvgIpc) is 1.95. The monoisotopic (exact) mass is 186 g/mol. The van der Waals surface area contributed by atoms with Crippen molar-refractivity contribution in [3.05, 3.63) is 0 Å². The predicted molar refractivity (Wildman–Crippen MR) is 54.6 cm³/mol. The lowest BCUT2D eigenvalue weighted by Gasteiger charge is -2.38. The molecule has 13 heavy (non-hydrogen) atoms. The van der Waals surface area contributed by atoms with Crippen LogP contribution in [0.2, 0.25) is 0 Å². The highest BCUT2D eigenvalue weighted by molar-refractivity contribution is 4.80. The molecule has 1 rings (SSSR count). The van der Waals surface area contributed by atoms with Crippen molar-refractivity contribution in [1.29, 1.82) is 0 Å². The summed E-state index contributed by atoms with van der Waals surface area (Å²) in [5.74, 6) is 0. The van der Waals surface area contributed by atoms with Gasteiger partial charge >= 0.3 is 0 Å². The Bertz CT molecular complexity index is 135. The van der Waals surface area contributed by atoms with E-state index in [1.165, 1.54) is 19.3 Å². The molecule has 0 amide bonds. The molecule has 1 aliphatic rings. The summed E-state index contributed by atoms with van der Waals surface area (Å²) >= 11 is 0. The Morgan fingerprint density at radius 2 is 2.23 bits per heavy atom. The van der Waals surface area contributed by atoms with Gasteiger partial charge in [-0.1, -0.05) is 6.42 Å². The Morgan fingerprint density at radius 1 is 1.54 bits per heavy atom. The summed E-state index contributed by atoms with van der Waals surface area (Å²) in [6.07, 6.45) is 4.79. The zero-order chi connectivity index (χ0) is 9.68. The lowest BCUT2D eigenvalue weighted by molar-refractivity contribution is 0.0662. The maximum atomic E-state index is 9.32. The Labute approximate surface area is 80.9 Å². The molecule has 0 saturated heterocycles. The van der Waals surface area contributed by atoms with E-state index in [-0.39, 0.29) is 6.10 Å². The zero-order valence-electron chi connectivity index (χ0n) is 8.58. The van der Waals surface area contributed by atoms with Crippen molar-refractivity contribution >= 4 is 0 Å². The molecule has 1 fully saturated rings. The Hall–Kier alpha value is -0.120. The third kappa shape index (κ3) is 3.63. The number of rotatable bonds is 6. The Morgan fingerprint density at radius 3 is 2.62 bits per heavy atom. The van der Waals surface area contributed by atoms with Crippen LogP contribution in [-0.4, -0.2) is 41.8 Å². The molecule has 1 atom stereocenters. The first kappa shape index (κ1) is 11.0. The molecule has 1 unspecified atom stereocenters.